The Kier molecular flexibility index (Phi) is 5.03. The number of non-ortho nitro benzene ring substituents is 1. The van der Waals surface area contributed by atoms with Gasteiger partial charge in [0.1, 0.15) is 0 Å². The molecular weight excluding hydrogens is 319 g/mol. The molecule has 1 aliphatic rings. The van der Waals surface area contributed by atoms with Crippen LogP contribution in [0, 0.1) is 10.1 Å². The number of hydrogen-bond donors (Lipinski definition) is 0. The average molecular weight is 333 g/mol. The Labute approximate surface area is 131 Å². The van der Waals surface area contributed by atoms with Crippen molar-refractivity contribution in [3.8, 4) is 0 Å². The number of hydrogen-bond acceptors (Lipinski definition) is 4. The van der Waals surface area contributed by atoms with E-state index in [-0.39, 0.29) is 40.3 Å². The second-order valence-electron chi connectivity index (χ2n) is 4.89. The van der Waals surface area contributed by atoms with E-state index in [1.165, 1.54) is 18.2 Å². The molecule has 0 saturated carbocycles. The number of carbonyl (C=O) groups excluding carboxylic acids is 1. The summed E-state index contributed by atoms with van der Waals surface area (Å²) in [6.07, 6.45) is -0.380. The highest BCUT2D eigenvalue weighted by molar-refractivity contribution is 6.31. The summed E-state index contributed by atoms with van der Waals surface area (Å²) in [5.41, 5.74) is -0.0160. The molecule has 1 fully saturated rings. The molecule has 0 radical (unpaired) electrons. The lowest BCUT2D eigenvalue weighted by Crippen LogP contribution is -2.49. The second kappa shape index (κ2) is 6.60. The predicted molar refractivity (Wildman–Crippen MR) is 79.1 cm³/mol. The lowest BCUT2D eigenvalue weighted by molar-refractivity contribution is -0.384. The van der Waals surface area contributed by atoms with Crippen LogP contribution in [0.4, 0.5) is 5.69 Å². The van der Waals surface area contributed by atoms with E-state index in [0.717, 1.165) is 0 Å². The van der Waals surface area contributed by atoms with Crippen molar-refractivity contribution in [2.24, 2.45) is 0 Å². The first-order chi connectivity index (χ1) is 9.90. The van der Waals surface area contributed by atoms with Crippen LogP contribution >= 0.6 is 23.2 Å². The molecule has 1 heterocycles. The smallest absolute Gasteiger partial charge is 0.271 e. The van der Waals surface area contributed by atoms with E-state index >= 15 is 0 Å². The summed E-state index contributed by atoms with van der Waals surface area (Å²) in [4.78, 5) is 24.3. The largest absolute Gasteiger partial charge is 0.370 e. The highest BCUT2D eigenvalue weighted by Crippen LogP contribution is 2.23. The number of nitro benzene ring substituents is 1. The minimum absolute atomic E-state index is 0.138. The third-order valence-corrected chi connectivity index (χ3v) is 3.69. The van der Waals surface area contributed by atoms with E-state index in [1.54, 1.807) is 4.90 Å². The van der Waals surface area contributed by atoms with Gasteiger partial charge in [-0.1, -0.05) is 11.6 Å². The van der Waals surface area contributed by atoms with Gasteiger partial charge < -0.3 is 9.64 Å². The summed E-state index contributed by atoms with van der Waals surface area (Å²) in [6, 6.07) is 3.86. The van der Waals surface area contributed by atoms with Crippen molar-refractivity contribution in [3.63, 3.8) is 0 Å². The average Bonchev–Trinajstić information content (AvgIpc) is 2.45. The summed E-state index contributed by atoms with van der Waals surface area (Å²) >= 11 is 11.6. The molecule has 1 saturated heterocycles. The molecule has 1 aromatic rings. The molecule has 0 bridgehead atoms. The maximum Gasteiger partial charge on any atom is 0.271 e. The molecule has 1 aromatic carbocycles. The molecule has 1 aliphatic heterocycles. The van der Waals surface area contributed by atoms with Gasteiger partial charge in [0.15, 0.2) is 0 Å². The first-order valence-corrected chi connectivity index (χ1v) is 7.27. The highest BCUT2D eigenvalue weighted by atomic mass is 35.5. The molecule has 0 N–H and O–H groups in total. The van der Waals surface area contributed by atoms with Crippen molar-refractivity contribution in [2.75, 3.05) is 19.0 Å². The van der Waals surface area contributed by atoms with Crippen LogP contribution in [-0.2, 0) is 4.74 Å². The molecule has 2 rings (SSSR count). The van der Waals surface area contributed by atoms with Crippen LogP contribution in [0.3, 0.4) is 0 Å². The van der Waals surface area contributed by atoms with Crippen LogP contribution in [0.1, 0.15) is 17.3 Å². The van der Waals surface area contributed by atoms with Gasteiger partial charge in [-0.2, -0.15) is 0 Å². The van der Waals surface area contributed by atoms with Gasteiger partial charge in [0.05, 0.1) is 23.0 Å². The molecule has 2 unspecified atom stereocenters. The standard InChI is InChI=1S/C13H14Cl2N2O4/c1-8-6-16(7-12(5-14)21-8)13(18)9-2-10(15)4-11(3-9)17(19)20/h2-4,8,12H,5-7H2,1H3. The van der Waals surface area contributed by atoms with Crippen molar-refractivity contribution in [1.82, 2.24) is 4.90 Å². The maximum atomic E-state index is 12.5. The van der Waals surface area contributed by atoms with Crippen molar-refractivity contribution >= 4 is 34.8 Å². The fourth-order valence-corrected chi connectivity index (χ4v) is 2.68. The Morgan fingerprint density at radius 1 is 1.48 bits per heavy atom. The Morgan fingerprint density at radius 2 is 2.19 bits per heavy atom. The van der Waals surface area contributed by atoms with E-state index in [4.69, 9.17) is 27.9 Å². The normalized spacial score (nSPS) is 22.1. The number of benzene rings is 1. The maximum absolute atomic E-state index is 12.5. The Morgan fingerprint density at radius 3 is 2.81 bits per heavy atom. The Balaban J connectivity index is 2.25. The number of alkyl halides is 1. The van der Waals surface area contributed by atoms with Crippen LogP contribution in [-0.4, -0.2) is 46.9 Å². The van der Waals surface area contributed by atoms with Gasteiger partial charge in [-0.05, 0) is 13.0 Å². The van der Waals surface area contributed by atoms with E-state index in [1.807, 2.05) is 6.92 Å². The summed E-state index contributed by atoms with van der Waals surface area (Å²) in [5, 5.41) is 11.0. The van der Waals surface area contributed by atoms with Gasteiger partial charge in [0, 0.05) is 35.8 Å². The first kappa shape index (κ1) is 16.0. The lowest BCUT2D eigenvalue weighted by Gasteiger charge is -2.36. The molecule has 2 atom stereocenters. The molecule has 1 amide bonds. The number of nitro groups is 1. The molecular formula is C13H14Cl2N2O4. The summed E-state index contributed by atoms with van der Waals surface area (Å²) in [5.74, 6) is -0.0325. The quantitative estimate of drug-likeness (QED) is 0.484. The van der Waals surface area contributed by atoms with Crippen molar-refractivity contribution in [2.45, 2.75) is 19.1 Å². The fourth-order valence-electron chi connectivity index (χ4n) is 2.28. The van der Waals surface area contributed by atoms with Gasteiger partial charge in [-0.25, -0.2) is 0 Å². The van der Waals surface area contributed by atoms with Crippen LogP contribution in [0.25, 0.3) is 0 Å². The van der Waals surface area contributed by atoms with Crippen LogP contribution < -0.4 is 0 Å². The Bertz CT molecular complexity index is 567. The van der Waals surface area contributed by atoms with E-state index in [2.05, 4.69) is 0 Å². The first-order valence-electron chi connectivity index (χ1n) is 6.36. The lowest BCUT2D eigenvalue weighted by atomic mass is 10.1. The number of rotatable bonds is 3. The summed E-state index contributed by atoms with van der Waals surface area (Å²) in [6.45, 7) is 2.61. The van der Waals surface area contributed by atoms with Gasteiger partial charge in [0.25, 0.3) is 11.6 Å². The van der Waals surface area contributed by atoms with Crippen LogP contribution in [0.5, 0.6) is 0 Å². The number of morpholine rings is 1. The van der Waals surface area contributed by atoms with E-state index in [0.29, 0.717) is 13.1 Å². The number of carbonyl (C=O) groups is 1. The third kappa shape index (κ3) is 3.84. The van der Waals surface area contributed by atoms with Gasteiger partial charge in [-0.15, -0.1) is 11.6 Å². The van der Waals surface area contributed by atoms with Crippen LogP contribution in [0.15, 0.2) is 18.2 Å². The van der Waals surface area contributed by atoms with Crippen LogP contribution in [0.2, 0.25) is 5.02 Å². The van der Waals surface area contributed by atoms with Crippen molar-refractivity contribution in [3.05, 3.63) is 38.9 Å². The topological polar surface area (TPSA) is 72.7 Å². The van der Waals surface area contributed by atoms with Gasteiger partial charge in [-0.3, -0.25) is 14.9 Å². The van der Waals surface area contributed by atoms with Gasteiger partial charge in [0.2, 0.25) is 0 Å². The van der Waals surface area contributed by atoms with Crippen molar-refractivity contribution < 1.29 is 14.5 Å². The summed E-state index contributed by atoms with van der Waals surface area (Å²) < 4.78 is 5.58. The zero-order chi connectivity index (χ0) is 15.6. The van der Waals surface area contributed by atoms with E-state index in [9.17, 15) is 14.9 Å². The fraction of sp³-hybridized carbons (Fsp3) is 0.462. The Hall–Kier alpha value is -1.37. The number of nitrogens with zero attached hydrogens (tertiary/aromatic N) is 2. The SMILES string of the molecule is CC1CN(C(=O)c2cc(Cl)cc([N+](=O)[O-])c2)CC(CCl)O1. The number of ether oxygens (including phenoxy) is 1. The van der Waals surface area contributed by atoms with Gasteiger partial charge >= 0.3 is 0 Å². The number of halogens is 2. The molecule has 6 nitrogen and oxygen atoms in total. The molecule has 0 aliphatic carbocycles. The third-order valence-electron chi connectivity index (χ3n) is 3.13. The minimum atomic E-state index is -0.577. The molecule has 8 heteroatoms. The molecule has 0 aromatic heterocycles. The number of amides is 1. The molecule has 21 heavy (non-hydrogen) atoms. The van der Waals surface area contributed by atoms with E-state index < -0.39 is 4.92 Å². The minimum Gasteiger partial charge on any atom is -0.370 e. The highest BCUT2D eigenvalue weighted by Gasteiger charge is 2.29. The monoisotopic (exact) mass is 332 g/mol. The predicted octanol–water partition coefficient (Wildman–Crippen LogP) is 2.72. The zero-order valence-corrected chi connectivity index (χ0v) is 12.8. The second-order valence-corrected chi connectivity index (χ2v) is 5.63. The van der Waals surface area contributed by atoms with Crippen molar-refractivity contribution in [1.29, 1.82) is 0 Å². The zero-order valence-electron chi connectivity index (χ0n) is 11.3. The molecule has 0 spiro atoms. The molecule has 114 valence electrons. The summed E-state index contributed by atoms with van der Waals surface area (Å²) in [7, 11) is 0.